The highest BCUT2D eigenvalue weighted by Gasteiger charge is 2.60. The number of aliphatic hydroxyl groups is 1. The van der Waals surface area contributed by atoms with Crippen molar-refractivity contribution in [3.05, 3.63) is 120 Å². The number of aromatic amines is 1. The molecule has 5 fully saturated rings. The van der Waals surface area contributed by atoms with Gasteiger partial charge in [0.25, 0.3) is 0 Å². The van der Waals surface area contributed by atoms with Crippen LogP contribution in [0.1, 0.15) is 139 Å². The van der Waals surface area contributed by atoms with E-state index in [0.717, 1.165) is 86.2 Å². The summed E-state index contributed by atoms with van der Waals surface area (Å²) in [6.07, 6.45) is 22.9. The van der Waals surface area contributed by atoms with Gasteiger partial charge in [-0.2, -0.15) is 0 Å². The number of allylic oxidation sites excluding steroid dienone is 2. The summed E-state index contributed by atoms with van der Waals surface area (Å²) < 4.78 is 29.2. The first-order chi connectivity index (χ1) is 41.8. The lowest BCUT2D eigenvalue weighted by Crippen LogP contribution is -2.75. The van der Waals surface area contributed by atoms with Crippen LogP contribution >= 0.6 is 0 Å². The number of hydrogen-bond donors (Lipinski definition) is 10. The van der Waals surface area contributed by atoms with Crippen molar-refractivity contribution in [2.24, 2.45) is 39.3 Å². The molecule has 3 saturated carbocycles. The molecule has 11 N–H and O–H groups in total. The smallest absolute Gasteiger partial charge is 0.302 e. The lowest BCUT2D eigenvalue weighted by atomic mass is 9.61. The van der Waals surface area contributed by atoms with Crippen LogP contribution in [0.5, 0.6) is 28.7 Å². The maximum Gasteiger partial charge on any atom is 0.302 e. The number of aliphatic hydroxyl groups excluding tert-OH is 1. The lowest BCUT2D eigenvalue weighted by Gasteiger charge is -2.57. The SMILES string of the molecule is CC(=O)O[C@H]1C[C@@H](c2cc(O)c(O)c(OCCc3cccnc3)c2)O[C@@H]([C@]23CC#C[C@@H]4[C@H](CCC[C@]45NC(=NCC4(CC6=CCNC(N)=C6)CCCC4)N[C@H](n4cc6cc[nH]c6c4)[C@@H]5[C@H](O)N[C@H]4CCCC[C@@H]4C#CC2)Oc2cc(ccc2O)C3)C1. The van der Waals surface area contributed by atoms with E-state index in [1.54, 1.807) is 24.5 Å². The number of dihydropyridines is 1. The standard InChI is InChI=1S/C68H81N9O9/c1-42(78)84-49-34-56(48-32-54(80)62(81)58(33-48)83-29-20-43-10-9-26-70-38-43)86-59(35-49)67-23-6-12-46-11-2-3-14-51(46)74-64(82)61-63(77-39-47-19-28-71-52(47)40-77)75-65(73-41-66(21-4-5-22-66)36-45-18-27-72-60(69)31-45)76-68(61)25-8-15-55(50(68)13-7-24-67)85-57-30-44(37-67)16-17-53(57)79/h9-10,16-19,26,28,30-33,38-40,46,49-51,55-56,59,61,63-64,71-72,74,79-82H,2-5,8,11,14-15,20-25,27,29,34-37,41,69H2,1H3,(H2,73,75,76)/t46-,49+,50-,51+,55+,56+,59-,61-,63-,64+,67+,68+/m1/s1. The molecule has 18 heteroatoms. The zero-order chi connectivity index (χ0) is 59.0. The summed E-state index contributed by atoms with van der Waals surface area (Å²) in [5.41, 5.74) is 8.99. The van der Waals surface area contributed by atoms with Gasteiger partial charge in [-0.15, -0.1) is 11.8 Å². The number of nitrogens with one attached hydrogen (secondary N) is 5. The van der Waals surface area contributed by atoms with Gasteiger partial charge in [0, 0.05) is 106 Å². The lowest BCUT2D eigenvalue weighted by molar-refractivity contribution is -0.174. The van der Waals surface area contributed by atoms with Crippen molar-refractivity contribution in [2.45, 2.75) is 171 Å². The summed E-state index contributed by atoms with van der Waals surface area (Å²) in [6.45, 7) is 2.89. The molecule has 1 spiro atoms. The van der Waals surface area contributed by atoms with Crippen LogP contribution in [-0.2, 0) is 27.1 Å². The second-order valence-corrected chi connectivity index (χ2v) is 25.8. The van der Waals surface area contributed by atoms with Crippen molar-refractivity contribution >= 4 is 22.8 Å². The van der Waals surface area contributed by atoms with E-state index in [2.05, 4.69) is 90.1 Å². The van der Waals surface area contributed by atoms with Crippen LogP contribution in [-0.4, -0.2) is 103 Å². The zero-order valence-electron chi connectivity index (χ0n) is 49.0. The number of aliphatic imine (C=N–C) groups is 1. The third-order valence-electron chi connectivity index (χ3n) is 20.0. The summed E-state index contributed by atoms with van der Waals surface area (Å²) in [7, 11) is 0. The van der Waals surface area contributed by atoms with Gasteiger partial charge in [-0.3, -0.25) is 20.1 Å². The number of phenols is 3. The number of H-pyrrole nitrogens is 1. The number of guanidine groups is 1. The van der Waals surface area contributed by atoms with E-state index in [4.69, 9.17) is 29.7 Å². The van der Waals surface area contributed by atoms with Crippen LogP contribution in [0.25, 0.3) is 10.9 Å². The van der Waals surface area contributed by atoms with Crippen LogP contribution in [0.4, 0.5) is 0 Å². The fraction of sp³-hybridized carbons (Fsp3) is 0.515. The first-order valence-corrected chi connectivity index (χ1v) is 31.2. The monoisotopic (exact) mass is 1170 g/mol. The van der Waals surface area contributed by atoms with Crippen LogP contribution in [0.3, 0.4) is 0 Å². The molecule has 5 aromatic rings. The molecule has 18 nitrogen and oxygen atoms in total. The molecular formula is C68H81N9O9. The zero-order valence-corrected chi connectivity index (χ0v) is 49.0. The molecule has 3 aromatic heterocycles. The van der Waals surface area contributed by atoms with Crippen LogP contribution < -0.4 is 36.5 Å². The van der Waals surface area contributed by atoms with Gasteiger partial charge >= 0.3 is 5.97 Å². The molecule has 12 atom stereocenters. The highest BCUT2D eigenvalue weighted by molar-refractivity contribution is 5.83. The number of carbonyl (C=O) groups is 1. The first kappa shape index (κ1) is 57.3. The van der Waals surface area contributed by atoms with E-state index in [0.29, 0.717) is 81.1 Å². The largest absolute Gasteiger partial charge is 0.504 e. The molecule has 0 unspecified atom stereocenters. The number of rotatable bonds is 12. The summed E-state index contributed by atoms with van der Waals surface area (Å²) >= 11 is 0. The van der Waals surface area contributed by atoms with E-state index in [1.807, 2.05) is 30.5 Å². The minimum absolute atomic E-state index is 0.00240. The first-order valence-electron chi connectivity index (χ1n) is 31.2. The third-order valence-corrected chi connectivity index (χ3v) is 20.0. The molecule has 13 rings (SSSR count). The number of aromatic nitrogens is 3. The van der Waals surface area contributed by atoms with Gasteiger partial charge in [-0.05, 0) is 128 Å². The van der Waals surface area contributed by atoms with Crippen LogP contribution in [0.15, 0.2) is 108 Å². The van der Waals surface area contributed by atoms with Gasteiger partial charge < -0.3 is 70.6 Å². The van der Waals surface area contributed by atoms with Crippen molar-refractivity contribution < 1.29 is 44.2 Å². The Hall–Kier alpha value is -7.77. The van der Waals surface area contributed by atoms with Crippen molar-refractivity contribution in [3.8, 4) is 52.4 Å². The Morgan fingerprint density at radius 3 is 2.65 bits per heavy atom. The molecule has 8 heterocycles. The quantitative estimate of drug-likeness (QED) is 0.0319. The van der Waals surface area contributed by atoms with Crippen molar-refractivity contribution in [2.75, 3.05) is 19.7 Å². The summed E-state index contributed by atoms with van der Waals surface area (Å²) in [5, 5.41) is 64.0. The Labute approximate surface area is 502 Å². The number of pyridine rings is 1. The number of nitrogens with two attached hydrogens (primary N) is 1. The van der Waals surface area contributed by atoms with Gasteiger partial charge in [-0.25, -0.2) is 0 Å². The average molecular weight is 1170 g/mol. The number of fused-ring (bicyclic) bond motifs is 6. The number of benzene rings is 2. The molecule has 3 aliphatic carbocycles. The molecule has 0 amide bonds. The summed E-state index contributed by atoms with van der Waals surface area (Å²) in [5.74, 6) is 14.6. The Bertz CT molecular complexity index is 3500. The Balaban J connectivity index is 0.943. The fourth-order valence-corrected chi connectivity index (χ4v) is 15.8. The van der Waals surface area contributed by atoms with Gasteiger partial charge in [0.2, 0.25) is 5.75 Å². The second-order valence-electron chi connectivity index (χ2n) is 25.8. The van der Waals surface area contributed by atoms with E-state index in [1.165, 1.54) is 18.6 Å². The summed E-state index contributed by atoms with van der Waals surface area (Å²) in [6, 6.07) is 14.5. The molecule has 452 valence electrons. The normalized spacial score (nSPS) is 31.6. The van der Waals surface area contributed by atoms with E-state index in [-0.39, 0.29) is 53.4 Å². The van der Waals surface area contributed by atoms with Crippen molar-refractivity contribution in [3.63, 3.8) is 0 Å². The second kappa shape index (κ2) is 24.2. The molecule has 8 aliphatic rings. The average Bonchev–Trinajstić information content (AvgIpc) is 1.11. The number of esters is 1. The number of ether oxygens (including phenoxy) is 4. The number of hydrogen-bond acceptors (Lipinski definition) is 14. The molecule has 2 aromatic carbocycles. The predicted octanol–water partition coefficient (Wildman–Crippen LogP) is 8.69. The predicted molar refractivity (Wildman–Crippen MR) is 325 cm³/mol. The summed E-state index contributed by atoms with van der Waals surface area (Å²) in [4.78, 5) is 26.3. The Morgan fingerprint density at radius 2 is 1.83 bits per heavy atom. The van der Waals surface area contributed by atoms with E-state index in [9.17, 15) is 25.2 Å². The number of nitrogens with zero attached hydrogens (tertiary/aromatic N) is 3. The highest BCUT2D eigenvalue weighted by atomic mass is 16.6. The molecule has 0 radical (unpaired) electrons. The molecule has 4 bridgehead atoms. The van der Waals surface area contributed by atoms with Gasteiger partial charge in [0.05, 0.1) is 47.5 Å². The van der Waals surface area contributed by atoms with Gasteiger partial charge in [0.1, 0.15) is 24.6 Å². The van der Waals surface area contributed by atoms with Crippen LogP contribution in [0.2, 0.25) is 0 Å². The molecule has 5 aliphatic heterocycles. The molecular weight excluding hydrogens is 1090 g/mol. The maximum atomic E-state index is 13.5. The number of aromatic hydroxyl groups is 3. The fourth-order valence-electron chi connectivity index (χ4n) is 15.8. The number of phenolic OH excluding ortho intramolecular Hbond substituents is 3. The Morgan fingerprint density at radius 1 is 0.965 bits per heavy atom. The minimum atomic E-state index is -1.06. The Kier molecular flexibility index (Phi) is 16.1. The maximum absolute atomic E-state index is 13.5. The minimum Gasteiger partial charge on any atom is -0.504 e. The highest BCUT2D eigenvalue weighted by Crippen LogP contribution is 2.52. The van der Waals surface area contributed by atoms with Crippen molar-refractivity contribution in [1.82, 2.24) is 35.8 Å². The van der Waals surface area contributed by atoms with E-state index < -0.39 is 65.6 Å². The molecule has 2 saturated heterocycles. The van der Waals surface area contributed by atoms with Gasteiger partial charge in [-0.1, -0.05) is 55.7 Å². The third kappa shape index (κ3) is 11.8. The van der Waals surface area contributed by atoms with Crippen LogP contribution in [0, 0.1) is 52.3 Å². The van der Waals surface area contributed by atoms with E-state index >= 15 is 0 Å². The van der Waals surface area contributed by atoms with Gasteiger partial charge in [0.15, 0.2) is 29.0 Å². The van der Waals surface area contributed by atoms with Crippen molar-refractivity contribution in [1.29, 1.82) is 0 Å². The molecule has 86 heavy (non-hydrogen) atoms. The topological polar surface area (TPSA) is 255 Å². The number of carbonyl (C=O) groups excluding carboxylic acids is 1.